The number of halogens is 1. The van der Waals surface area contributed by atoms with Crippen molar-refractivity contribution in [3.8, 4) is 0 Å². The fourth-order valence-corrected chi connectivity index (χ4v) is 3.01. The highest BCUT2D eigenvalue weighted by atomic mass is 35.5. The first kappa shape index (κ1) is 17.1. The van der Waals surface area contributed by atoms with Gasteiger partial charge in [-0.05, 0) is 44.7 Å². The molecule has 2 rings (SSSR count). The first-order valence-electron chi connectivity index (χ1n) is 7.50. The Morgan fingerprint density at radius 3 is 2.73 bits per heavy atom. The maximum Gasteiger partial charge on any atom is 0.410 e. The van der Waals surface area contributed by atoms with Crippen LogP contribution in [-0.4, -0.2) is 29.7 Å². The van der Waals surface area contributed by atoms with Crippen LogP contribution >= 0.6 is 11.6 Å². The second kappa shape index (κ2) is 6.86. The van der Waals surface area contributed by atoms with Gasteiger partial charge in [0.2, 0.25) is 0 Å². The molecule has 1 heterocycles. The molecule has 22 heavy (non-hydrogen) atoms. The molecule has 5 nitrogen and oxygen atoms in total. The number of hydrazine groups is 1. The van der Waals surface area contributed by atoms with Gasteiger partial charge in [0.15, 0.2) is 0 Å². The van der Waals surface area contributed by atoms with E-state index in [1.165, 1.54) is 0 Å². The zero-order chi connectivity index (χ0) is 16.3. The molecule has 2 atom stereocenters. The first-order chi connectivity index (χ1) is 10.3. The smallest absolute Gasteiger partial charge is 0.410 e. The second-order valence-corrected chi connectivity index (χ2v) is 7.05. The molecule has 1 fully saturated rings. The molecule has 1 aromatic rings. The normalized spacial score (nSPS) is 20.0. The molecule has 0 radical (unpaired) electrons. The summed E-state index contributed by atoms with van der Waals surface area (Å²) in [6, 6.07) is 7.55. The Morgan fingerprint density at radius 2 is 2.14 bits per heavy atom. The van der Waals surface area contributed by atoms with E-state index in [0.29, 0.717) is 18.1 Å². The Balaban J connectivity index is 2.05. The zero-order valence-corrected chi connectivity index (χ0v) is 14.1. The predicted molar refractivity (Wildman–Crippen MR) is 87.4 cm³/mol. The van der Waals surface area contributed by atoms with Gasteiger partial charge in [0.1, 0.15) is 5.60 Å². The number of benzene rings is 1. The molecule has 0 aliphatic carbocycles. The molecule has 0 bridgehead atoms. The van der Waals surface area contributed by atoms with Crippen LogP contribution < -0.4 is 11.3 Å². The first-order valence-corrected chi connectivity index (χ1v) is 7.88. The van der Waals surface area contributed by atoms with Crippen molar-refractivity contribution in [2.75, 3.05) is 13.1 Å². The van der Waals surface area contributed by atoms with Gasteiger partial charge in [-0.15, -0.1) is 0 Å². The zero-order valence-electron chi connectivity index (χ0n) is 13.3. The minimum absolute atomic E-state index is 0.0823. The SMILES string of the molecule is CC(C)(C)OC(=O)N1CCC(C(NN)c2ccccc2Cl)C1. The highest BCUT2D eigenvalue weighted by molar-refractivity contribution is 6.31. The van der Waals surface area contributed by atoms with Crippen LogP contribution in [0.2, 0.25) is 5.02 Å². The van der Waals surface area contributed by atoms with E-state index in [0.717, 1.165) is 12.0 Å². The molecule has 3 N–H and O–H groups in total. The van der Waals surface area contributed by atoms with Crippen molar-refractivity contribution < 1.29 is 9.53 Å². The van der Waals surface area contributed by atoms with Gasteiger partial charge in [0, 0.05) is 18.1 Å². The highest BCUT2D eigenvalue weighted by Crippen LogP contribution is 2.33. The quantitative estimate of drug-likeness (QED) is 0.662. The Bertz CT molecular complexity index is 530. The summed E-state index contributed by atoms with van der Waals surface area (Å²) in [5.41, 5.74) is 3.32. The average molecular weight is 326 g/mol. The number of nitrogens with zero attached hydrogens (tertiary/aromatic N) is 1. The highest BCUT2D eigenvalue weighted by Gasteiger charge is 2.34. The lowest BCUT2D eigenvalue weighted by Crippen LogP contribution is -2.38. The third kappa shape index (κ3) is 4.12. The van der Waals surface area contributed by atoms with Crippen molar-refractivity contribution in [2.24, 2.45) is 11.8 Å². The monoisotopic (exact) mass is 325 g/mol. The minimum Gasteiger partial charge on any atom is -0.444 e. The van der Waals surface area contributed by atoms with Gasteiger partial charge in [-0.25, -0.2) is 4.79 Å². The number of hydrogen-bond donors (Lipinski definition) is 2. The number of likely N-dealkylation sites (tertiary alicyclic amines) is 1. The third-order valence-corrected chi connectivity index (χ3v) is 4.11. The maximum absolute atomic E-state index is 12.1. The van der Waals surface area contributed by atoms with Crippen LogP contribution in [0.3, 0.4) is 0 Å². The molecular weight excluding hydrogens is 302 g/mol. The van der Waals surface area contributed by atoms with E-state index in [-0.39, 0.29) is 18.1 Å². The molecule has 0 spiro atoms. The molecule has 6 heteroatoms. The van der Waals surface area contributed by atoms with Gasteiger partial charge in [-0.3, -0.25) is 11.3 Å². The molecule has 1 aliphatic rings. The van der Waals surface area contributed by atoms with Crippen molar-refractivity contribution in [1.29, 1.82) is 0 Å². The Morgan fingerprint density at radius 1 is 1.45 bits per heavy atom. The van der Waals surface area contributed by atoms with Crippen LogP contribution in [0.25, 0.3) is 0 Å². The summed E-state index contributed by atoms with van der Waals surface area (Å²) in [6.07, 6.45) is 0.587. The van der Waals surface area contributed by atoms with Gasteiger partial charge < -0.3 is 9.64 Å². The van der Waals surface area contributed by atoms with Crippen LogP contribution in [0, 0.1) is 5.92 Å². The lowest BCUT2D eigenvalue weighted by Gasteiger charge is -2.26. The van der Waals surface area contributed by atoms with Gasteiger partial charge in [0.05, 0.1) is 6.04 Å². The fraction of sp³-hybridized carbons (Fsp3) is 0.562. The number of rotatable bonds is 3. The molecule has 1 aromatic carbocycles. The van der Waals surface area contributed by atoms with Crippen LogP contribution in [0.4, 0.5) is 4.79 Å². The van der Waals surface area contributed by atoms with E-state index in [2.05, 4.69) is 5.43 Å². The molecule has 1 amide bonds. The molecule has 122 valence electrons. The van der Waals surface area contributed by atoms with Crippen LogP contribution in [0.15, 0.2) is 24.3 Å². The van der Waals surface area contributed by atoms with Gasteiger partial charge >= 0.3 is 6.09 Å². The van der Waals surface area contributed by atoms with E-state index in [1.54, 1.807) is 4.90 Å². The Hall–Kier alpha value is -1.30. The second-order valence-electron chi connectivity index (χ2n) is 6.64. The number of nitrogens with one attached hydrogen (secondary N) is 1. The van der Waals surface area contributed by atoms with E-state index in [4.69, 9.17) is 22.2 Å². The van der Waals surface area contributed by atoms with E-state index in [9.17, 15) is 4.79 Å². The summed E-state index contributed by atoms with van der Waals surface area (Å²) >= 11 is 6.26. The standard InChI is InChI=1S/C16H24ClN3O2/c1-16(2,3)22-15(21)20-9-8-11(10-20)14(19-18)12-6-4-5-7-13(12)17/h4-7,11,14,19H,8-10,18H2,1-3H3. The van der Waals surface area contributed by atoms with Gasteiger partial charge in [-0.1, -0.05) is 29.8 Å². The van der Waals surface area contributed by atoms with Crippen LogP contribution in [0.1, 0.15) is 38.8 Å². The summed E-state index contributed by atoms with van der Waals surface area (Å²) in [5, 5.41) is 0.682. The summed E-state index contributed by atoms with van der Waals surface area (Å²) in [7, 11) is 0. The van der Waals surface area contributed by atoms with Gasteiger partial charge in [-0.2, -0.15) is 0 Å². The molecule has 1 aliphatic heterocycles. The summed E-state index contributed by atoms with van der Waals surface area (Å²) < 4.78 is 5.42. The summed E-state index contributed by atoms with van der Waals surface area (Å²) in [6.45, 7) is 6.88. The lowest BCUT2D eigenvalue weighted by molar-refractivity contribution is 0.0285. The van der Waals surface area contributed by atoms with E-state index >= 15 is 0 Å². The predicted octanol–water partition coefficient (Wildman–Crippen LogP) is 3.10. The Kier molecular flexibility index (Phi) is 5.32. The van der Waals surface area contributed by atoms with Crippen LogP contribution in [-0.2, 0) is 4.74 Å². The van der Waals surface area contributed by atoms with Crippen molar-refractivity contribution >= 4 is 17.7 Å². The number of nitrogens with two attached hydrogens (primary N) is 1. The van der Waals surface area contributed by atoms with Crippen LogP contribution in [0.5, 0.6) is 0 Å². The lowest BCUT2D eigenvalue weighted by atomic mass is 9.93. The molecule has 1 saturated heterocycles. The molecule has 0 aromatic heterocycles. The number of hydrogen-bond acceptors (Lipinski definition) is 4. The van der Waals surface area contributed by atoms with Crippen molar-refractivity contribution in [3.63, 3.8) is 0 Å². The van der Waals surface area contributed by atoms with Gasteiger partial charge in [0.25, 0.3) is 0 Å². The molecule has 0 saturated carbocycles. The number of amides is 1. The fourth-order valence-electron chi connectivity index (χ4n) is 2.76. The van der Waals surface area contributed by atoms with E-state index < -0.39 is 5.60 Å². The van der Waals surface area contributed by atoms with Crippen molar-refractivity contribution in [1.82, 2.24) is 10.3 Å². The van der Waals surface area contributed by atoms with E-state index in [1.807, 2.05) is 45.0 Å². The molecular formula is C16H24ClN3O2. The van der Waals surface area contributed by atoms with Crippen molar-refractivity contribution in [2.45, 2.75) is 38.8 Å². The average Bonchev–Trinajstić information content (AvgIpc) is 2.89. The minimum atomic E-state index is -0.483. The Labute approximate surface area is 136 Å². The number of ether oxygens (including phenoxy) is 1. The largest absolute Gasteiger partial charge is 0.444 e. The topological polar surface area (TPSA) is 67.6 Å². The third-order valence-electron chi connectivity index (χ3n) is 3.77. The number of carbonyl (C=O) groups excluding carboxylic acids is 1. The summed E-state index contributed by atoms with van der Waals surface area (Å²) in [4.78, 5) is 13.9. The summed E-state index contributed by atoms with van der Waals surface area (Å²) in [5.74, 6) is 5.94. The maximum atomic E-state index is 12.1. The molecule has 2 unspecified atom stereocenters. The number of carbonyl (C=O) groups is 1. The van der Waals surface area contributed by atoms with Crippen molar-refractivity contribution in [3.05, 3.63) is 34.9 Å².